The Morgan fingerprint density at radius 2 is 1.93 bits per heavy atom. The lowest BCUT2D eigenvalue weighted by atomic mass is 10.2. The van der Waals surface area contributed by atoms with E-state index in [0.29, 0.717) is 5.56 Å². The van der Waals surface area contributed by atoms with Crippen molar-refractivity contribution in [3.63, 3.8) is 0 Å². The third-order valence-electron chi connectivity index (χ3n) is 1.83. The molecule has 15 heavy (non-hydrogen) atoms. The highest BCUT2D eigenvalue weighted by atomic mass is 32.1. The van der Waals surface area contributed by atoms with Gasteiger partial charge in [-0.3, -0.25) is 14.9 Å². The molecule has 1 aromatic carbocycles. The summed E-state index contributed by atoms with van der Waals surface area (Å²) in [5.41, 5.74) is 0.317. The van der Waals surface area contributed by atoms with Gasteiger partial charge in [0.2, 0.25) is 0 Å². The minimum absolute atomic E-state index is 0.158. The molecule has 2 N–H and O–H groups in total. The van der Waals surface area contributed by atoms with Crippen LogP contribution in [-0.4, -0.2) is 15.2 Å². The highest BCUT2D eigenvalue weighted by Crippen LogP contribution is 2.11. The van der Waals surface area contributed by atoms with Gasteiger partial charge in [-0.2, -0.15) is 5.10 Å². The molecule has 0 aliphatic rings. The van der Waals surface area contributed by atoms with Gasteiger partial charge in [-0.25, -0.2) is 4.39 Å². The van der Waals surface area contributed by atoms with Crippen LogP contribution in [0.3, 0.4) is 0 Å². The number of nitrogens with zero attached hydrogens (tertiary/aromatic N) is 1. The zero-order valence-electron chi connectivity index (χ0n) is 7.45. The summed E-state index contributed by atoms with van der Waals surface area (Å²) in [4.78, 5) is 13.8. The molecule has 0 bridgehead atoms. The molecule has 0 fully saturated rings. The monoisotopic (exact) mass is 223 g/mol. The Bertz CT molecular complexity index is 587. The van der Waals surface area contributed by atoms with Crippen LogP contribution in [0.4, 0.5) is 4.39 Å². The number of hydrogen-bond acceptors (Lipinski definition) is 3. The summed E-state index contributed by atoms with van der Waals surface area (Å²) >= 11 is 4.70. The molecule has 0 amide bonds. The van der Waals surface area contributed by atoms with Crippen molar-refractivity contribution >= 4 is 12.2 Å². The Balaban J connectivity index is 2.59. The molecular formula is C9H6FN3OS. The van der Waals surface area contributed by atoms with Gasteiger partial charge in [-0.05, 0) is 36.5 Å². The third-order valence-corrected chi connectivity index (χ3v) is 2.02. The molecule has 1 heterocycles. The van der Waals surface area contributed by atoms with Crippen molar-refractivity contribution in [3.05, 3.63) is 45.2 Å². The van der Waals surface area contributed by atoms with Crippen LogP contribution >= 0.6 is 12.2 Å². The van der Waals surface area contributed by atoms with E-state index >= 15 is 0 Å². The van der Waals surface area contributed by atoms with Gasteiger partial charge in [-0.1, -0.05) is 0 Å². The fraction of sp³-hybridized carbons (Fsp3) is 0. The molecule has 2 aromatic rings. The average molecular weight is 223 g/mol. The van der Waals surface area contributed by atoms with E-state index in [2.05, 4.69) is 15.2 Å². The summed E-state index contributed by atoms with van der Waals surface area (Å²) in [6.45, 7) is 0. The maximum atomic E-state index is 12.6. The van der Waals surface area contributed by atoms with Gasteiger partial charge in [0.15, 0.2) is 10.5 Å². The largest absolute Gasteiger partial charge is 0.296 e. The summed E-state index contributed by atoms with van der Waals surface area (Å²) in [6.07, 6.45) is 0. The number of aromatic nitrogens is 3. The molecule has 0 aliphatic heterocycles. The zero-order chi connectivity index (χ0) is 10.8. The van der Waals surface area contributed by atoms with Crippen LogP contribution in [0.5, 0.6) is 0 Å². The van der Waals surface area contributed by atoms with E-state index in [4.69, 9.17) is 12.2 Å². The van der Waals surface area contributed by atoms with Crippen molar-refractivity contribution in [1.82, 2.24) is 15.2 Å². The van der Waals surface area contributed by atoms with Gasteiger partial charge in [0.25, 0.3) is 5.56 Å². The van der Waals surface area contributed by atoms with Gasteiger partial charge in [-0.15, -0.1) is 0 Å². The SMILES string of the molecule is O=c1[nH]c(=S)[nH]nc1-c1ccc(F)cc1. The fourth-order valence-corrected chi connectivity index (χ4v) is 1.29. The highest BCUT2D eigenvalue weighted by Gasteiger charge is 2.04. The molecule has 0 aliphatic carbocycles. The predicted molar refractivity (Wildman–Crippen MR) is 55.4 cm³/mol. The van der Waals surface area contributed by atoms with E-state index < -0.39 is 5.56 Å². The number of benzene rings is 1. The van der Waals surface area contributed by atoms with E-state index in [-0.39, 0.29) is 16.3 Å². The van der Waals surface area contributed by atoms with Gasteiger partial charge in [0.05, 0.1) is 0 Å². The first-order chi connectivity index (χ1) is 7.16. The van der Waals surface area contributed by atoms with E-state index in [0.717, 1.165) is 0 Å². The van der Waals surface area contributed by atoms with Crippen LogP contribution in [0.15, 0.2) is 29.1 Å². The Morgan fingerprint density at radius 1 is 1.27 bits per heavy atom. The van der Waals surface area contributed by atoms with Crippen molar-refractivity contribution in [2.24, 2.45) is 0 Å². The average Bonchev–Trinajstić information content (AvgIpc) is 2.20. The van der Waals surface area contributed by atoms with Gasteiger partial charge in [0.1, 0.15) is 5.82 Å². The molecule has 76 valence electrons. The second-order valence-corrected chi connectivity index (χ2v) is 3.27. The summed E-state index contributed by atoms with van der Waals surface area (Å²) in [6, 6.07) is 5.48. The number of halogens is 1. The van der Waals surface area contributed by atoms with E-state index in [9.17, 15) is 9.18 Å². The maximum Gasteiger partial charge on any atom is 0.278 e. The standard InChI is InChI=1S/C9H6FN3OS/c10-6-3-1-5(2-4-6)7-8(14)11-9(15)13-12-7/h1-4H,(H2,11,13,14,15). The Morgan fingerprint density at radius 3 is 2.53 bits per heavy atom. The van der Waals surface area contributed by atoms with Crippen molar-refractivity contribution in [2.75, 3.05) is 0 Å². The van der Waals surface area contributed by atoms with Crippen LogP contribution in [-0.2, 0) is 0 Å². The van der Waals surface area contributed by atoms with Crippen LogP contribution < -0.4 is 5.56 Å². The van der Waals surface area contributed by atoms with Gasteiger partial charge >= 0.3 is 0 Å². The fourth-order valence-electron chi connectivity index (χ4n) is 1.15. The van der Waals surface area contributed by atoms with Gasteiger partial charge in [0, 0.05) is 5.56 Å². The number of H-pyrrole nitrogens is 2. The zero-order valence-corrected chi connectivity index (χ0v) is 8.27. The Kier molecular flexibility index (Phi) is 2.42. The molecule has 0 unspecified atom stereocenters. The first-order valence-corrected chi connectivity index (χ1v) is 4.52. The first-order valence-electron chi connectivity index (χ1n) is 4.12. The lowest BCUT2D eigenvalue weighted by Crippen LogP contribution is -2.12. The molecule has 0 spiro atoms. The van der Waals surface area contributed by atoms with E-state index in [1.165, 1.54) is 24.3 Å². The molecule has 0 saturated heterocycles. The van der Waals surface area contributed by atoms with Crippen molar-refractivity contribution < 1.29 is 4.39 Å². The first kappa shape index (κ1) is 9.72. The Hall–Kier alpha value is -1.82. The molecule has 0 saturated carbocycles. The number of aromatic amines is 2. The quantitative estimate of drug-likeness (QED) is 0.722. The smallest absolute Gasteiger partial charge is 0.278 e. The minimum Gasteiger partial charge on any atom is -0.296 e. The summed E-state index contributed by atoms with van der Waals surface area (Å²) in [7, 11) is 0. The van der Waals surface area contributed by atoms with Crippen LogP contribution in [0.25, 0.3) is 11.3 Å². The summed E-state index contributed by atoms with van der Waals surface area (Å²) in [5.74, 6) is -0.362. The summed E-state index contributed by atoms with van der Waals surface area (Å²) < 4.78 is 12.8. The van der Waals surface area contributed by atoms with Crippen molar-refractivity contribution in [1.29, 1.82) is 0 Å². The van der Waals surface area contributed by atoms with Crippen molar-refractivity contribution in [3.8, 4) is 11.3 Å². The number of hydrogen-bond donors (Lipinski definition) is 2. The van der Waals surface area contributed by atoms with Crippen LogP contribution in [0, 0.1) is 10.6 Å². The normalized spacial score (nSPS) is 10.2. The molecule has 1 aromatic heterocycles. The molecule has 4 nitrogen and oxygen atoms in total. The van der Waals surface area contributed by atoms with E-state index in [1.807, 2.05) is 0 Å². The van der Waals surface area contributed by atoms with Crippen molar-refractivity contribution in [2.45, 2.75) is 0 Å². The second-order valence-electron chi connectivity index (χ2n) is 2.86. The molecule has 2 rings (SSSR count). The van der Waals surface area contributed by atoms with Crippen LogP contribution in [0.2, 0.25) is 0 Å². The second kappa shape index (κ2) is 3.74. The van der Waals surface area contributed by atoms with E-state index in [1.54, 1.807) is 0 Å². The molecule has 0 radical (unpaired) electrons. The van der Waals surface area contributed by atoms with Crippen LogP contribution in [0.1, 0.15) is 0 Å². The predicted octanol–water partition coefficient (Wildman–Crippen LogP) is 1.63. The number of nitrogens with one attached hydrogen (secondary N) is 2. The molecule has 0 atom stereocenters. The maximum absolute atomic E-state index is 12.6. The third kappa shape index (κ3) is 1.99. The number of rotatable bonds is 1. The minimum atomic E-state index is -0.398. The highest BCUT2D eigenvalue weighted by molar-refractivity contribution is 7.71. The topological polar surface area (TPSA) is 61.5 Å². The lowest BCUT2D eigenvalue weighted by molar-refractivity contribution is 0.628. The lowest BCUT2D eigenvalue weighted by Gasteiger charge is -1.97. The summed E-state index contributed by atoms with van der Waals surface area (Å²) in [5, 5.41) is 6.25. The van der Waals surface area contributed by atoms with Gasteiger partial charge < -0.3 is 0 Å². The Labute approximate surface area is 88.8 Å². The molecular weight excluding hydrogens is 217 g/mol. The molecule has 6 heteroatoms.